The molecule has 0 radical (unpaired) electrons. The number of aryl methyl sites for hydroxylation is 1. The van der Waals surface area contributed by atoms with Gasteiger partial charge in [-0.25, -0.2) is 0 Å². The minimum absolute atomic E-state index is 0.0470. The number of nitrogen functional groups attached to an aromatic ring is 1. The molecule has 1 amide bonds. The van der Waals surface area contributed by atoms with E-state index in [2.05, 4.69) is 5.32 Å². The van der Waals surface area contributed by atoms with E-state index in [0.29, 0.717) is 13.0 Å². The lowest BCUT2D eigenvalue weighted by Gasteiger charge is -2.05. The van der Waals surface area contributed by atoms with Crippen LogP contribution in [0.2, 0.25) is 0 Å². The Bertz CT molecular complexity index is 516. The number of nitrogens with two attached hydrogens (primary N) is 1. The van der Waals surface area contributed by atoms with Gasteiger partial charge in [0.15, 0.2) is 0 Å². The van der Waals surface area contributed by atoms with Crippen molar-refractivity contribution in [3.05, 3.63) is 30.5 Å². The summed E-state index contributed by atoms with van der Waals surface area (Å²) < 4.78 is 2.04. The zero-order chi connectivity index (χ0) is 11.5. The third-order valence-corrected chi connectivity index (χ3v) is 2.71. The number of amides is 1. The summed E-state index contributed by atoms with van der Waals surface area (Å²) in [6.45, 7) is 0.673. The molecule has 16 heavy (non-hydrogen) atoms. The van der Waals surface area contributed by atoms with Crippen LogP contribution in [0.4, 0.5) is 5.69 Å². The summed E-state index contributed by atoms with van der Waals surface area (Å²) >= 11 is 0. The minimum Gasteiger partial charge on any atom is -0.398 e. The average molecular weight is 217 g/mol. The number of nitrogens with one attached hydrogen (secondary N) is 1. The summed E-state index contributed by atoms with van der Waals surface area (Å²) in [4.78, 5) is 11.2. The number of hydrogen-bond donors (Lipinski definition) is 2. The van der Waals surface area contributed by atoms with Gasteiger partial charge in [0.1, 0.15) is 0 Å². The fraction of sp³-hybridized carbons (Fsp3) is 0.250. The zero-order valence-corrected chi connectivity index (χ0v) is 9.23. The van der Waals surface area contributed by atoms with Crippen LogP contribution in [-0.4, -0.2) is 17.5 Å². The van der Waals surface area contributed by atoms with Crippen molar-refractivity contribution in [1.82, 2.24) is 9.88 Å². The van der Waals surface area contributed by atoms with Crippen molar-refractivity contribution in [2.24, 2.45) is 0 Å². The Hall–Kier alpha value is -1.97. The van der Waals surface area contributed by atoms with Gasteiger partial charge in [-0.1, -0.05) is 6.07 Å². The number of anilines is 1. The quantitative estimate of drug-likeness (QED) is 0.763. The predicted octanol–water partition coefficient (Wildman–Crippen LogP) is 1.36. The highest BCUT2D eigenvalue weighted by Gasteiger charge is 2.04. The van der Waals surface area contributed by atoms with Crippen molar-refractivity contribution in [3.63, 3.8) is 0 Å². The smallest absolute Gasteiger partial charge is 0.221 e. The Kier molecular flexibility index (Phi) is 2.81. The van der Waals surface area contributed by atoms with Crippen LogP contribution in [0.1, 0.15) is 6.42 Å². The second-order valence-electron chi connectivity index (χ2n) is 3.71. The van der Waals surface area contributed by atoms with Crippen LogP contribution in [0, 0.1) is 0 Å². The van der Waals surface area contributed by atoms with E-state index in [1.54, 1.807) is 7.05 Å². The number of nitrogens with zero attached hydrogens (tertiary/aromatic N) is 1. The topological polar surface area (TPSA) is 60.0 Å². The summed E-state index contributed by atoms with van der Waals surface area (Å²) in [6, 6.07) is 7.80. The molecule has 4 nitrogen and oxygen atoms in total. The second-order valence-corrected chi connectivity index (χ2v) is 3.71. The first-order valence-corrected chi connectivity index (χ1v) is 5.26. The molecule has 0 saturated carbocycles. The fourth-order valence-corrected chi connectivity index (χ4v) is 1.79. The SMILES string of the molecule is CNC(=O)CCn1ccc2c(N)cccc21. The summed E-state index contributed by atoms with van der Waals surface area (Å²) in [7, 11) is 1.65. The Morgan fingerprint density at radius 3 is 3.00 bits per heavy atom. The number of fused-ring (bicyclic) bond motifs is 1. The van der Waals surface area contributed by atoms with Crippen molar-refractivity contribution in [2.75, 3.05) is 12.8 Å². The summed E-state index contributed by atoms with van der Waals surface area (Å²) in [5, 5.41) is 3.65. The number of hydrogen-bond acceptors (Lipinski definition) is 2. The molecule has 1 aromatic heterocycles. The molecule has 0 unspecified atom stereocenters. The highest BCUT2D eigenvalue weighted by Crippen LogP contribution is 2.21. The first-order valence-electron chi connectivity index (χ1n) is 5.26. The molecule has 4 heteroatoms. The molecule has 1 heterocycles. The van der Waals surface area contributed by atoms with E-state index in [4.69, 9.17) is 5.73 Å². The highest BCUT2D eigenvalue weighted by molar-refractivity contribution is 5.91. The minimum atomic E-state index is 0.0470. The molecule has 0 fully saturated rings. The maximum Gasteiger partial charge on any atom is 0.221 e. The highest BCUT2D eigenvalue weighted by atomic mass is 16.1. The van der Waals surface area contributed by atoms with Crippen LogP contribution in [0.15, 0.2) is 30.5 Å². The monoisotopic (exact) mass is 217 g/mol. The number of aromatic nitrogens is 1. The molecular formula is C12H15N3O. The van der Waals surface area contributed by atoms with Gasteiger partial charge in [-0.3, -0.25) is 4.79 Å². The van der Waals surface area contributed by atoms with Crippen LogP contribution in [0.3, 0.4) is 0 Å². The molecule has 0 atom stereocenters. The molecule has 84 valence electrons. The zero-order valence-electron chi connectivity index (χ0n) is 9.23. The molecule has 0 saturated heterocycles. The van der Waals surface area contributed by atoms with E-state index < -0.39 is 0 Å². The lowest BCUT2D eigenvalue weighted by Crippen LogP contribution is -2.19. The number of benzene rings is 1. The molecule has 1 aromatic carbocycles. The van der Waals surface area contributed by atoms with E-state index in [0.717, 1.165) is 16.6 Å². The number of carbonyl (C=O) groups is 1. The van der Waals surface area contributed by atoms with Gasteiger partial charge in [0.05, 0.1) is 5.52 Å². The maximum absolute atomic E-state index is 11.2. The second kappa shape index (κ2) is 4.26. The van der Waals surface area contributed by atoms with Crippen molar-refractivity contribution in [1.29, 1.82) is 0 Å². The Morgan fingerprint density at radius 1 is 1.44 bits per heavy atom. The fourth-order valence-electron chi connectivity index (χ4n) is 1.79. The van der Waals surface area contributed by atoms with Crippen LogP contribution in [-0.2, 0) is 11.3 Å². The van der Waals surface area contributed by atoms with E-state index in [-0.39, 0.29) is 5.91 Å². The van der Waals surface area contributed by atoms with E-state index >= 15 is 0 Å². The van der Waals surface area contributed by atoms with E-state index in [1.807, 2.05) is 35.0 Å². The molecule has 0 aliphatic rings. The Labute approximate surface area is 94.0 Å². The van der Waals surface area contributed by atoms with Gasteiger partial charge in [-0.05, 0) is 18.2 Å². The molecule has 3 N–H and O–H groups in total. The number of carbonyl (C=O) groups excluding carboxylic acids is 1. The lowest BCUT2D eigenvalue weighted by molar-refractivity contribution is -0.120. The summed E-state index contributed by atoms with van der Waals surface area (Å²) in [6.07, 6.45) is 2.44. The normalized spacial score (nSPS) is 10.6. The summed E-state index contributed by atoms with van der Waals surface area (Å²) in [5.41, 5.74) is 7.71. The number of rotatable bonds is 3. The Balaban J connectivity index is 2.25. The van der Waals surface area contributed by atoms with Crippen molar-refractivity contribution >= 4 is 22.5 Å². The largest absolute Gasteiger partial charge is 0.398 e. The van der Waals surface area contributed by atoms with Crippen LogP contribution in [0.5, 0.6) is 0 Å². The first kappa shape index (κ1) is 10.5. The average Bonchev–Trinajstić information content (AvgIpc) is 2.70. The third-order valence-electron chi connectivity index (χ3n) is 2.71. The van der Waals surface area contributed by atoms with Crippen LogP contribution >= 0.6 is 0 Å². The van der Waals surface area contributed by atoms with Gasteiger partial charge in [0, 0.05) is 37.3 Å². The predicted molar refractivity (Wildman–Crippen MR) is 65.0 cm³/mol. The van der Waals surface area contributed by atoms with Gasteiger partial charge in [0.25, 0.3) is 0 Å². The molecule has 0 aliphatic heterocycles. The molecule has 2 aromatic rings. The molecule has 0 aliphatic carbocycles. The Morgan fingerprint density at radius 2 is 2.25 bits per heavy atom. The standard InChI is InChI=1S/C12H15N3O/c1-14-12(16)6-8-15-7-5-9-10(13)3-2-4-11(9)15/h2-5,7H,6,8,13H2,1H3,(H,14,16). The van der Waals surface area contributed by atoms with Crippen LogP contribution in [0.25, 0.3) is 10.9 Å². The van der Waals surface area contributed by atoms with Crippen molar-refractivity contribution < 1.29 is 4.79 Å². The van der Waals surface area contributed by atoms with Gasteiger partial charge in [0.2, 0.25) is 5.91 Å². The lowest BCUT2D eigenvalue weighted by atomic mass is 10.2. The molecule has 2 rings (SSSR count). The third kappa shape index (κ3) is 1.86. The van der Waals surface area contributed by atoms with E-state index in [1.165, 1.54) is 0 Å². The van der Waals surface area contributed by atoms with Crippen LogP contribution < -0.4 is 11.1 Å². The molecule has 0 bridgehead atoms. The van der Waals surface area contributed by atoms with E-state index in [9.17, 15) is 4.79 Å². The van der Waals surface area contributed by atoms with Crippen molar-refractivity contribution in [3.8, 4) is 0 Å². The van der Waals surface area contributed by atoms with Gasteiger partial charge in [-0.15, -0.1) is 0 Å². The summed E-state index contributed by atoms with van der Waals surface area (Å²) in [5.74, 6) is 0.0470. The van der Waals surface area contributed by atoms with Gasteiger partial charge in [-0.2, -0.15) is 0 Å². The first-order chi connectivity index (χ1) is 7.72. The molecular weight excluding hydrogens is 202 g/mol. The van der Waals surface area contributed by atoms with Gasteiger partial charge < -0.3 is 15.6 Å². The van der Waals surface area contributed by atoms with Crippen molar-refractivity contribution in [2.45, 2.75) is 13.0 Å². The molecule has 0 spiro atoms. The van der Waals surface area contributed by atoms with Gasteiger partial charge >= 0.3 is 0 Å². The maximum atomic E-state index is 11.2.